The summed E-state index contributed by atoms with van der Waals surface area (Å²) in [6.07, 6.45) is 1.85. The molecule has 104 valence electrons. The number of likely N-dealkylation sites (tertiary alicyclic amines) is 2. The van der Waals surface area contributed by atoms with Crippen LogP contribution in [-0.2, 0) is 0 Å². The van der Waals surface area contributed by atoms with Crippen LogP contribution in [0.4, 0.5) is 0 Å². The van der Waals surface area contributed by atoms with Crippen LogP contribution in [0.2, 0.25) is 0 Å². The Morgan fingerprint density at radius 2 is 2.00 bits per heavy atom. The summed E-state index contributed by atoms with van der Waals surface area (Å²) in [5.74, 6) is 0.0632. The summed E-state index contributed by atoms with van der Waals surface area (Å²) in [4.78, 5) is 21.1. The van der Waals surface area contributed by atoms with Gasteiger partial charge in [-0.1, -0.05) is 6.07 Å². The Morgan fingerprint density at radius 3 is 2.65 bits per heavy atom. The van der Waals surface area contributed by atoms with Crippen LogP contribution in [0.5, 0.6) is 0 Å². The van der Waals surface area contributed by atoms with Gasteiger partial charge in [-0.15, -0.1) is 0 Å². The number of nitrogens with zero attached hydrogens (tertiary/aromatic N) is 4. The third-order valence-electron chi connectivity index (χ3n) is 4.47. The molecule has 2 fully saturated rings. The SMILES string of the molecule is Cc1cccc2nc(C(=O)N3CC4(CN(C)C4)C3)cn12. The largest absolute Gasteiger partial charge is 0.336 e. The number of carbonyl (C=O) groups is 1. The Labute approximate surface area is 117 Å². The third-order valence-corrected chi connectivity index (χ3v) is 4.47. The minimum absolute atomic E-state index is 0.0632. The molecule has 20 heavy (non-hydrogen) atoms. The smallest absolute Gasteiger partial charge is 0.274 e. The molecular weight excluding hydrogens is 252 g/mol. The van der Waals surface area contributed by atoms with E-state index in [0.29, 0.717) is 11.1 Å². The summed E-state index contributed by atoms with van der Waals surface area (Å²) in [5.41, 5.74) is 2.86. The predicted octanol–water partition coefficient (Wildman–Crippen LogP) is 1.03. The van der Waals surface area contributed by atoms with E-state index in [-0.39, 0.29) is 5.91 Å². The van der Waals surface area contributed by atoms with Crippen LogP contribution in [-0.4, -0.2) is 58.3 Å². The number of pyridine rings is 1. The van der Waals surface area contributed by atoms with Crippen LogP contribution in [0.15, 0.2) is 24.4 Å². The summed E-state index contributed by atoms with van der Waals surface area (Å²) >= 11 is 0. The molecule has 4 rings (SSSR count). The van der Waals surface area contributed by atoms with Crippen molar-refractivity contribution in [2.75, 3.05) is 33.2 Å². The summed E-state index contributed by atoms with van der Waals surface area (Å²) < 4.78 is 1.97. The minimum Gasteiger partial charge on any atom is -0.336 e. The van der Waals surface area contributed by atoms with Crippen molar-refractivity contribution in [2.24, 2.45) is 5.41 Å². The van der Waals surface area contributed by atoms with E-state index >= 15 is 0 Å². The van der Waals surface area contributed by atoms with Gasteiger partial charge in [0.25, 0.3) is 5.91 Å². The second kappa shape index (κ2) is 3.82. The first kappa shape index (κ1) is 11.9. The fourth-order valence-electron chi connectivity index (χ4n) is 3.62. The van der Waals surface area contributed by atoms with Crippen LogP contribution in [0.25, 0.3) is 5.65 Å². The van der Waals surface area contributed by atoms with Gasteiger partial charge in [0.15, 0.2) is 0 Å². The molecular formula is C15H18N4O. The molecule has 5 heteroatoms. The normalized spacial score (nSPS) is 21.0. The van der Waals surface area contributed by atoms with Gasteiger partial charge < -0.3 is 14.2 Å². The van der Waals surface area contributed by atoms with Gasteiger partial charge in [0, 0.05) is 43.5 Å². The lowest BCUT2D eigenvalue weighted by Gasteiger charge is -2.59. The van der Waals surface area contributed by atoms with Gasteiger partial charge in [-0.25, -0.2) is 4.98 Å². The molecule has 0 N–H and O–H groups in total. The maximum Gasteiger partial charge on any atom is 0.274 e. The molecule has 0 aliphatic carbocycles. The number of carbonyl (C=O) groups excluding carboxylic acids is 1. The average molecular weight is 270 g/mol. The quantitative estimate of drug-likeness (QED) is 0.777. The molecule has 0 radical (unpaired) electrons. The van der Waals surface area contributed by atoms with E-state index in [4.69, 9.17) is 0 Å². The fraction of sp³-hybridized carbons (Fsp3) is 0.467. The van der Waals surface area contributed by atoms with Crippen LogP contribution in [0, 0.1) is 12.3 Å². The van der Waals surface area contributed by atoms with Crippen molar-refractivity contribution < 1.29 is 4.79 Å². The first-order chi connectivity index (χ1) is 9.56. The number of fused-ring (bicyclic) bond motifs is 1. The highest BCUT2D eigenvalue weighted by Crippen LogP contribution is 2.39. The molecule has 0 bridgehead atoms. The Morgan fingerprint density at radius 1 is 1.25 bits per heavy atom. The van der Waals surface area contributed by atoms with Gasteiger partial charge in [0.05, 0.1) is 0 Å². The Bertz CT molecular complexity index is 691. The third kappa shape index (κ3) is 1.59. The standard InChI is InChI=1S/C15H18N4O/c1-11-4-3-5-13-16-12(6-19(11)13)14(20)18-9-15(10-18)7-17(2)8-15/h3-6H,7-10H2,1-2H3. The highest BCUT2D eigenvalue weighted by atomic mass is 16.2. The first-order valence-electron chi connectivity index (χ1n) is 6.99. The van der Waals surface area contributed by atoms with E-state index in [9.17, 15) is 4.79 Å². The van der Waals surface area contributed by atoms with Crippen LogP contribution in [0.1, 0.15) is 16.2 Å². The number of aromatic nitrogens is 2. The molecule has 1 spiro atoms. The lowest BCUT2D eigenvalue weighted by Crippen LogP contribution is -2.72. The summed E-state index contributed by atoms with van der Waals surface area (Å²) in [7, 11) is 2.13. The Hall–Kier alpha value is -1.88. The molecule has 1 amide bonds. The highest BCUT2D eigenvalue weighted by Gasteiger charge is 2.52. The molecule has 5 nitrogen and oxygen atoms in total. The molecule has 2 aliphatic rings. The van der Waals surface area contributed by atoms with Crippen molar-refractivity contribution in [1.29, 1.82) is 0 Å². The van der Waals surface area contributed by atoms with Crippen molar-refractivity contribution in [3.63, 3.8) is 0 Å². The number of rotatable bonds is 1. The number of aryl methyl sites for hydroxylation is 1. The lowest BCUT2D eigenvalue weighted by molar-refractivity contribution is -0.0873. The van der Waals surface area contributed by atoms with Gasteiger partial charge in [0.1, 0.15) is 11.3 Å². The number of imidazole rings is 1. The minimum atomic E-state index is 0.0632. The first-order valence-corrected chi connectivity index (χ1v) is 6.99. The van der Waals surface area contributed by atoms with Crippen molar-refractivity contribution in [2.45, 2.75) is 6.92 Å². The number of hydrogen-bond acceptors (Lipinski definition) is 3. The second-order valence-corrected chi connectivity index (χ2v) is 6.36. The molecule has 2 aromatic rings. The zero-order chi connectivity index (χ0) is 13.9. The molecule has 2 aromatic heterocycles. The average Bonchev–Trinajstić information content (AvgIpc) is 2.76. The predicted molar refractivity (Wildman–Crippen MR) is 75.8 cm³/mol. The van der Waals surface area contributed by atoms with E-state index in [2.05, 4.69) is 16.9 Å². The summed E-state index contributed by atoms with van der Waals surface area (Å²) in [6.45, 7) is 6.00. The molecule has 2 saturated heterocycles. The zero-order valence-corrected chi connectivity index (χ0v) is 11.8. The van der Waals surface area contributed by atoms with Crippen LogP contribution >= 0.6 is 0 Å². The Balaban J connectivity index is 1.55. The number of amides is 1. The van der Waals surface area contributed by atoms with Crippen molar-refractivity contribution >= 4 is 11.6 Å². The lowest BCUT2D eigenvalue weighted by atomic mass is 9.73. The fourth-order valence-corrected chi connectivity index (χ4v) is 3.62. The zero-order valence-electron chi connectivity index (χ0n) is 11.8. The second-order valence-electron chi connectivity index (χ2n) is 6.36. The molecule has 0 aromatic carbocycles. The molecule has 2 aliphatic heterocycles. The van der Waals surface area contributed by atoms with E-state index in [1.807, 2.05) is 40.6 Å². The van der Waals surface area contributed by atoms with Gasteiger partial charge >= 0.3 is 0 Å². The van der Waals surface area contributed by atoms with E-state index in [1.54, 1.807) is 0 Å². The maximum atomic E-state index is 12.5. The monoisotopic (exact) mass is 270 g/mol. The molecule has 0 unspecified atom stereocenters. The summed E-state index contributed by atoms with van der Waals surface area (Å²) in [5, 5.41) is 0. The van der Waals surface area contributed by atoms with Crippen LogP contribution < -0.4 is 0 Å². The van der Waals surface area contributed by atoms with Crippen LogP contribution in [0.3, 0.4) is 0 Å². The molecule has 0 saturated carbocycles. The topological polar surface area (TPSA) is 40.9 Å². The van der Waals surface area contributed by atoms with Crippen molar-refractivity contribution in [1.82, 2.24) is 19.2 Å². The number of hydrogen-bond donors (Lipinski definition) is 0. The van der Waals surface area contributed by atoms with E-state index in [1.165, 1.54) is 0 Å². The van der Waals surface area contributed by atoms with E-state index < -0.39 is 0 Å². The van der Waals surface area contributed by atoms with Crippen molar-refractivity contribution in [3.8, 4) is 0 Å². The van der Waals surface area contributed by atoms with Gasteiger partial charge in [0.2, 0.25) is 0 Å². The van der Waals surface area contributed by atoms with Crippen molar-refractivity contribution in [3.05, 3.63) is 35.8 Å². The molecule has 4 heterocycles. The van der Waals surface area contributed by atoms with Gasteiger partial charge in [-0.2, -0.15) is 0 Å². The summed E-state index contributed by atoms with van der Waals surface area (Å²) in [6, 6.07) is 5.92. The maximum absolute atomic E-state index is 12.5. The van der Waals surface area contributed by atoms with Gasteiger partial charge in [-0.3, -0.25) is 4.79 Å². The molecule has 0 atom stereocenters. The highest BCUT2D eigenvalue weighted by molar-refractivity contribution is 5.93. The van der Waals surface area contributed by atoms with Gasteiger partial charge in [-0.05, 0) is 26.1 Å². The van der Waals surface area contributed by atoms with E-state index in [0.717, 1.165) is 37.5 Å². The Kier molecular flexibility index (Phi) is 2.27.